The lowest BCUT2D eigenvalue weighted by Gasteiger charge is -2.28. The molecule has 88 heavy (non-hydrogen) atoms. The highest BCUT2D eigenvalue weighted by molar-refractivity contribution is 6.10. The summed E-state index contributed by atoms with van der Waals surface area (Å²) in [6.45, 7) is 9.45. The van der Waals surface area contributed by atoms with Crippen molar-refractivity contribution in [2.45, 2.75) is 38.5 Å². The van der Waals surface area contributed by atoms with Crippen LogP contribution in [0, 0.1) is 0 Å². The first-order chi connectivity index (χ1) is 43.1. The second kappa shape index (κ2) is 19.9. The van der Waals surface area contributed by atoms with Gasteiger partial charge in [0.25, 0.3) is 0 Å². The first-order valence-electron chi connectivity index (χ1n) is 30.9. The molecule has 2 aliphatic carbocycles. The molecule has 14 aromatic carbocycles. The van der Waals surface area contributed by atoms with Gasteiger partial charge in [-0.15, -0.1) is 0 Å². The van der Waals surface area contributed by atoms with Crippen molar-refractivity contribution in [2.24, 2.45) is 0 Å². The Labute approximate surface area is 514 Å². The van der Waals surface area contributed by atoms with Crippen LogP contribution in [0.25, 0.3) is 127 Å². The molecular weight excluding hydrogens is 1060 g/mol. The molecule has 0 fully saturated rings. The van der Waals surface area contributed by atoms with Crippen LogP contribution in [-0.2, 0) is 10.8 Å². The average Bonchev–Trinajstić information content (AvgIpc) is 1.72. The zero-order valence-corrected chi connectivity index (χ0v) is 49.8. The number of hydrogen-bond acceptors (Lipinski definition) is 1. The number of para-hydroxylation sites is 3. The fourth-order valence-electron chi connectivity index (χ4n) is 15.1. The molecule has 15 aromatic rings. The van der Waals surface area contributed by atoms with Gasteiger partial charge in [-0.3, -0.25) is 0 Å². The fraction of sp³-hybridized carbons (Fsp3) is 0.0698. The molecule has 0 spiro atoms. The van der Waals surface area contributed by atoms with Gasteiger partial charge in [0.1, 0.15) is 0 Å². The summed E-state index contributed by atoms with van der Waals surface area (Å²) in [5, 5.41) is 7.36. The molecule has 0 N–H and O–H groups in total. The lowest BCUT2D eigenvalue weighted by atomic mass is 9.82. The van der Waals surface area contributed by atoms with E-state index >= 15 is 0 Å². The molecule has 0 atom stereocenters. The quantitative estimate of drug-likeness (QED) is 0.140. The van der Waals surface area contributed by atoms with Crippen molar-refractivity contribution in [1.29, 1.82) is 0 Å². The number of fused-ring (bicyclic) bond motifs is 11. The second-order valence-corrected chi connectivity index (χ2v) is 25.2. The minimum absolute atomic E-state index is 0.0945. The van der Waals surface area contributed by atoms with E-state index in [9.17, 15) is 0 Å². The second-order valence-electron chi connectivity index (χ2n) is 25.2. The summed E-state index contributed by atoms with van der Waals surface area (Å²) in [4.78, 5) is 2.48. The van der Waals surface area contributed by atoms with Crippen LogP contribution in [0.1, 0.15) is 49.9 Å². The molecule has 0 aliphatic heterocycles. The lowest BCUT2D eigenvalue weighted by molar-refractivity contribution is 0.660. The molecule has 0 radical (unpaired) electrons. The van der Waals surface area contributed by atoms with E-state index in [0.29, 0.717) is 0 Å². The Balaban J connectivity index is 0.881. The van der Waals surface area contributed by atoms with Crippen LogP contribution in [0.3, 0.4) is 0 Å². The van der Waals surface area contributed by atoms with E-state index in [1.165, 1.54) is 138 Å². The average molecular weight is 1120 g/mol. The van der Waals surface area contributed by atoms with E-state index in [4.69, 9.17) is 0 Å². The zero-order chi connectivity index (χ0) is 58.8. The molecule has 0 saturated carbocycles. The zero-order valence-electron chi connectivity index (χ0n) is 49.8. The van der Waals surface area contributed by atoms with E-state index in [2.05, 4.69) is 340 Å². The monoisotopic (exact) mass is 1120 g/mol. The third kappa shape index (κ3) is 8.09. The number of nitrogens with zero attached hydrogens (tertiary/aromatic N) is 2. The maximum atomic E-state index is 2.48. The third-order valence-corrected chi connectivity index (χ3v) is 19.6. The summed E-state index contributed by atoms with van der Waals surface area (Å²) >= 11 is 0. The largest absolute Gasteiger partial charge is 0.310 e. The van der Waals surface area contributed by atoms with Crippen LogP contribution in [0.15, 0.2) is 303 Å². The molecular formula is C86H62N2. The highest BCUT2D eigenvalue weighted by Crippen LogP contribution is 2.53. The minimum atomic E-state index is -0.0945. The maximum Gasteiger partial charge on any atom is 0.0541 e. The normalized spacial score (nSPS) is 13.4. The Morgan fingerprint density at radius 3 is 1.12 bits per heavy atom. The van der Waals surface area contributed by atoms with Crippen molar-refractivity contribution in [3.63, 3.8) is 0 Å². The van der Waals surface area contributed by atoms with E-state index < -0.39 is 0 Å². The van der Waals surface area contributed by atoms with Gasteiger partial charge in [0.05, 0.1) is 16.7 Å². The Kier molecular flexibility index (Phi) is 11.7. The van der Waals surface area contributed by atoms with Crippen LogP contribution >= 0.6 is 0 Å². The van der Waals surface area contributed by atoms with Gasteiger partial charge in [-0.05, 0) is 195 Å². The van der Waals surface area contributed by atoms with Gasteiger partial charge in [-0.2, -0.15) is 0 Å². The number of rotatable bonds is 9. The van der Waals surface area contributed by atoms with E-state index in [1.54, 1.807) is 0 Å². The van der Waals surface area contributed by atoms with Crippen molar-refractivity contribution in [2.75, 3.05) is 4.90 Å². The molecule has 0 bridgehead atoms. The number of aromatic nitrogens is 1. The summed E-state index contributed by atoms with van der Waals surface area (Å²) in [5.74, 6) is 0. The molecule has 416 valence electrons. The van der Waals surface area contributed by atoms with Gasteiger partial charge in [-0.1, -0.05) is 252 Å². The Hall–Kier alpha value is -10.8. The summed E-state index contributed by atoms with van der Waals surface area (Å²) < 4.78 is 2.44. The van der Waals surface area contributed by atoms with Crippen LogP contribution in [0.4, 0.5) is 17.1 Å². The fourth-order valence-corrected chi connectivity index (χ4v) is 15.1. The molecule has 0 amide bonds. The summed E-state index contributed by atoms with van der Waals surface area (Å²) in [6, 6.07) is 114. The van der Waals surface area contributed by atoms with Crippen LogP contribution in [0.5, 0.6) is 0 Å². The first kappa shape index (κ1) is 51.6. The summed E-state index contributed by atoms with van der Waals surface area (Å²) in [5.41, 5.74) is 29.0. The maximum absolute atomic E-state index is 2.48. The van der Waals surface area contributed by atoms with Crippen LogP contribution in [-0.4, -0.2) is 4.57 Å². The Morgan fingerprint density at radius 1 is 0.239 bits per heavy atom. The van der Waals surface area contributed by atoms with Gasteiger partial charge in [0.15, 0.2) is 0 Å². The van der Waals surface area contributed by atoms with Gasteiger partial charge in [0.2, 0.25) is 0 Å². The summed E-state index contributed by atoms with van der Waals surface area (Å²) in [6.07, 6.45) is 0. The first-order valence-corrected chi connectivity index (χ1v) is 30.9. The van der Waals surface area contributed by atoms with Gasteiger partial charge in [-0.25, -0.2) is 0 Å². The summed E-state index contributed by atoms with van der Waals surface area (Å²) in [7, 11) is 0. The molecule has 2 heteroatoms. The van der Waals surface area contributed by atoms with Crippen molar-refractivity contribution in [1.82, 2.24) is 4.57 Å². The van der Waals surface area contributed by atoms with E-state index in [-0.39, 0.29) is 10.8 Å². The third-order valence-electron chi connectivity index (χ3n) is 19.6. The molecule has 1 heterocycles. The molecule has 1 aromatic heterocycles. The molecule has 0 unspecified atom stereocenters. The van der Waals surface area contributed by atoms with E-state index in [0.717, 1.165) is 28.3 Å². The van der Waals surface area contributed by atoms with Crippen molar-refractivity contribution in [3.05, 3.63) is 326 Å². The number of benzene rings is 14. The molecule has 2 aliphatic rings. The SMILES string of the molecule is CC1(C)c2ccccc2-c2cc(-c3ccc(N(c4ccc(-c5ccccc5-n5c6ccccc6c6ccccc65)cc4)c4ccc(-c5ccc6c(c5)-c5ccccc5C6(C)C)c(-c5ccc6ccccc6c5)c4)cc3-c3ccc4ccccc4c3)ccc21. The Bertz CT molecular complexity index is 5050. The Morgan fingerprint density at radius 2 is 0.614 bits per heavy atom. The van der Waals surface area contributed by atoms with Crippen LogP contribution < -0.4 is 4.90 Å². The van der Waals surface area contributed by atoms with Gasteiger partial charge in [0, 0.05) is 44.2 Å². The highest BCUT2D eigenvalue weighted by Gasteiger charge is 2.37. The van der Waals surface area contributed by atoms with Gasteiger partial charge < -0.3 is 9.47 Å². The molecule has 17 rings (SSSR count). The van der Waals surface area contributed by atoms with Crippen molar-refractivity contribution in [3.8, 4) is 83.6 Å². The smallest absolute Gasteiger partial charge is 0.0541 e. The van der Waals surface area contributed by atoms with Gasteiger partial charge >= 0.3 is 0 Å². The highest BCUT2D eigenvalue weighted by atomic mass is 15.1. The lowest BCUT2D eigenvalue weighted by Crippen LogP contribution is -2.14. The van der Waals surface area contributed by atoms with E-state index in [1.807, 2.05) is 0 Å². The standard InChI is InChI=1S/C86H62N2/c1-85(2)78-28-14-9-24-70(78)76-51-62(39-47-80(76)85)67-45-43-65(53-74(67)60-35-33-55-19-5-7-21-58(55)49-60)87(64-41-37-57(38-42-64)69-23-11-16-30-82(69)88-83-31-17-12-26-72(83)73-27-13-18-32-84(73)88)66-44-46-68(75(54-66)61-36-34-56-20-6-8-22-59(56)50-61)63-40-48-81-77(52-63)71-25-10-15-29-79(71)86(81,3)4/h5-54H,1-4H3. The topological polar surface area (TPSA) is 8.17 Å². The molecule has 0 saturated heterocycles. The number of hydrogen-bond donors (Lipinski definition) is 0. The van der Waals surface area contributed by atoms with Crippen LogP contribution in [0.2, 0.25) is 0 Å². The predicted octanol–water partition coefficient (Wildman–Crippen LogP) is 23.5. The minimum Gasteiger partial charge on any atom is -0.310 e. The van der Waals surface area contributed by atoms with Crippen molar-refractivity contribution < 1.29 is 0 Å². The molecule has 2 nitrogen and oxygen atoms in total. The number of anilines is 3. The van der Waals surface area contributed by atoms with Crippen molar-refractivity contribution >= 4 is 60.4 Å². The predicted molar refractivity (Wildman–Crippen MR) is 373 cm³/mol.